The molecule has 2 nitrogen and oxygen atoms in total. The molecule has 0 heterocycles. The number of hydrogen-bond donors (Lipinski definition) is 0. The molecule has 0 saturated carbocycles. The summed E-state index contributed by atoms with van der Waals surface area (Å²) in [4.78, 5) is 9.64. The Morgan fingerprint density at radius 2 is 2.40 bits per heavy atom. The third-order valence-electron chi connectivity index (χ3n) is 0.983. The topological polar surface area (TPSA) is 29.4 Å². The molecule has 0 aliphatic carbocycles. The minimum absolute atomic E-state index is 0.243. The van der Waals surface area contributed by atoms with E-state index in [4.69, 9.17) is 0 Å². The molecule has 0 aliphatic rings. The van der Waals surface area contributed by atoms with Crippen LogP contribution in [0.1, 0.15) is 6.92 Å². The first kappa shape index (κ1) is 8.82. The van der Waals surface area contributed by atoms with Gasteiger partial charge >= 0.3 is 0 Å². The van der Waals surface area contributed by atoms with Crippen molar-refractivity contribution < 1.29 is 0 Å². The van der Waals surface area contributed by atoms with Crippen LogP contribution in [-0.4, -0.2) is 6.54 Å². The zero-order chi connectivity index (χ0) is 7.82. The Kier molecular flexibility index (Phi) is 5.25. The summed E-state index contributed by atoms with van der Waals surface area (Å²) in [6, 6.07) is 0. The van der Waals surface area contributed by atoms with Gasteiger partial charge in [-0.3, -0.25) is 0 Å². The van der Waals surface area contributed by atoms with Gasteiger partial charge in [-0.25, -0.2) is 0 Å². The van der Waals surface area contributed by atoms with Gasteiger partial charge in [0.1, 0.15) is 0 Å². The monoisotopic (exact) mass is 137 g/mol. The van der Waals surface area contributed by atoms with Crippen molar-refractivity contribution in [3.8, 4) is 0 Å². The fraction of sp³-hybridized carbons (Fsp3) is 0.250. The standard InChI is InChI=1S/C8H11NO/c1-3-4-5-8(2)6-7-9-10/h3-6H,1,7H2,2H3/b5-4-,8-6+. The minimum Gasteiger partial charge on any atom is -0.150 e. The van der Waals surface area contributed by atoms with E-state index in [0.717, 1.165) is 5.57 Å². The van der Waals surface area contributed by atoms with E-state index in [1.807, 2.05) is 19.1 Å². The second kappa shape index (κ2) is 5.95. The second-order valence-corrected chi connectivity index (χ2v) is 1.85. The average molecular weight is 137 g/mol. The second-order valence-electron chi connectivity index (χ2n) is 1.85. The SMILES string of the molecule is C=C/C=C\C(C)=C\CN=O. The minimum atomic E-state index is 0.243. The Morgan fingerprint density at radius 3 is 2.90 bits per heavy atom. The summed E-state index contributed by atoms with van der Waals surface area (Å²) in [5.41, 5.74) is 1.03. The molecule has 0 aromatic carbocycles. The summed E-state index contributed by atoms with van der Waals surface area (Å²) in [6.07, 6.45) is 7.13. The average Bonchev–Trinajstić information content (AvgIpc) is 1.97. The van der Waals surface area contributed by atoms with Crippen LogP contribution < -0.4 is 0 Å². The van der Waals surface area contributed by atoms with Crippen LogP contribution >= 0.6 is 0 Å². The molecule has 10 heavy (non-hydrogen) atoms. The van der Waals surface area contributed by atoms with Crippen LogP contribution in [0.5, 0.6) is 0 Å². The highest BCUT2D eigenvalue weighted by atomic mass is 16.3. The highest BCUT2D eigenvalue weighted by molar-refractivity contribution is 5.19. The quantitative estimate of drug-likeness (QED) is 0.432. The molecule has 0 amide bonds. The van der Waals surface area contributed by atoms with E-state index in [-0.39, 0.29) is 6.54 Å². The fourth-order valence-corrected chi connectivity index (χ4v) is 0.469. The maximum atomic E-state index is 9.64. The summed E-state index contributed by atoms with van der Waals surface area (Å²) in [5.74, 6) is 0. The van der Waals surface area contributed by atoms with E-state index in [1.54, 1.807) is 12.2 Å². The van der Waals surface area contributed by atoms with E-state index in [0.29, 0.717) is 0 Å². The van der Waals surface area contributed by atoms with E-state index in [1.165, 1.54) is 0 Å². The fourth-order valence-electron chi connectivity index (χ4n) is 0.469. The van der Waals surface area contributed by atoms with Gasteiger partial charge in [0, 0.05) is 0 Å². The molecular formula is C8H11NO. The van der Waals surface area contributed by atoms with Crippen molar-refractivity contribution in [3.63, 3.8) is 0 Å². The largest absolute Gasteiger partial charge is 0.150 e. The predicted octanol–water partition coefficient (Wildman–Crippen LogP) is 2.44. The van der Waals surface area contributed by atoms with Crippen molar-refractivity contribution in [3.05, 3.63) is 41.4 Å². The van der Waals surface area contributed by atoms with Crippen molar-refractivity contribution in [2.45, 2.75) is 6.92 Å². The number of nitrogens with zero attached hydrogens (tertiary/aromatic N) is 1. The van der Waals surface area contributed by atoms with Crippen LogP contribution in [0, 0.1) is 4.91 Å². The summed E-state index contributed by atoms with van der Waals surface area (Å²) in [5, 5.41) is 2.70. The van der Waals surface area contributed by atoms with E-state index in [9.17, 15) is 4.91 Å². The Hall–Kier alpha value is -1.18. The van der Waals surface area contributed by atoms with Crippen LogP contribution in [0.4, 0.5) is 0 Å². The lowest BCUT2D eigenvalue weighted by atomic mass is 10.2. The third kappa shape index (κ3) is 4.97. The highest BCUT2D eigenvalue weighted by Crippen LogP contribution is 1.93. The first-order chi connectivity index (χ1) is 4.81. The van der Waals surface area contributed by atoms with Crippen LogP contribution in [0.15, 0.2) is 41.6 Å². The number of allylic oxidation sites excluding steroid dienone is 4. The molecule has 0 aromatic rings. The molecule has 0 N–H and O–H groups in total. The molecule has 0 fully saturated rings. The molecule has 0 bridgehead atoms. The highest BCUT2D eigenvalue weighted by Gasteiger charge is 1.78. The lowest BCUT2D eigenvalue weighted by Gasteiger charge is -1.85. The molecular weight excluding hydrogens is 126 g/mol. The predicted molar refractivity (Wildman–Crippen MR) is 43.8 cm³/mol. The van der Waals surface area contributed by atoms with Crippen LogP contribution in [0.2, 0.25) is 0 Å². The van der Waals surface area contributed by atoms with Crippen molar-refractivity contribution in [1.29, 1.82) is 0 Å². The van der Waals surface area contributed by atoms with E-state index >= 15 is 0 Å². The van der Waals surface area contributed by atoms with Gasteiger partial charge < -0.3 is 0 Å². The van der Waals surface area contributed by atoms with Crippen molar-refractivity contribution in [2.24, 2.45) is 5.18 Å². The molecule has 0 unspecified atom stereocenters. The zero-order valence-electron chi connectivity index (χ0n) is 6.08. The lowest BCUT2D eigenvalue weighted by Crippen LogP contribution is -1.72. The molecule has 0 spiro atoms. The van der Waals surface area contributed by atoms with Gasteiger partial charge in [-0.1, -0.05) is 41.6 Å². The third-order valence-corrected chi connectivity index (χ3v) is 0.983. The molecule has 0 atom stereocenters. The van der Waals surface area contributed by atoms with Crippen LogP contribution in [0.25, 0.3) is 0 Å². The Morgan fingerprint density at radius 1 is 1.70 bits per heavy atom. The molecule has 0 radical (unpaired) electrons. The van der Waals surface area contributed by atoms with Crippen molar-refractivity contribution in [2.75, 3.05) is 6.54 Å². The lowest BCUT2D eigenvalue weighted by molar-refractivity contribution is 1.20. The Bertz CT molecular complexity index is 168. The zero-order valence-corrected chi connectivity index (χ0v) is 6.08. The Balaban J connectivity index is 3.80. The number of hydrogen-bond acceptors (Lipinski definition) is 2. The normalized spacial score (nSPS) is 11.9. The van der Waals surface area contributed by atoms with E-state index < -0.39 is 0 Å². The number of nitroso groups, excluding NO2 is 1. The maximum Gasteiger partial charge on any atom is 0.0997 e. The van der Waals surface area contributed by atoms with Gasteiger partial charge in [-0.05, 0) is 6.92 Å². The molecule has 0 saturated heterocycles. The molecule has 0 aromatic heterocycles. The van der Waals surface area contributed by atoms with Gasteiger partial charge in [0.05, 0.1) is 6.54 Å². The van der Waals surface area contributed by atoms with Gasteiger partial charge in [-0.2, -0.15) is 4.91 Å². The van der Waals surface area contributed by atoms with Gasteiger partial charge in [0.15, 0.2) is 0 Å². The molecule has 2 heteroatoms. The van der Waals surface area contributed by atoms with E-state index in [2.05, 4.69) is 11.8 Å². The maximum absolute atomic E-state index is 9.64. The summed E-state index contributed by atoms with van der Waals surface area (Å²) < 4.78 is 0. The Labute approximate surface area is 60.9 Å². The number of rotatable bonds is 4. The summed E-state index contributed by atoms with van der Waals surface area (Å²) >= 11 is 0. The van der Waals surface area contributed by atoms with Gasteiger partial charge in [0.2, 0.25) is 0 Å². The van der Waals surface area contributed by atoms with Crippen LogP contribution in [0.3, 0.4) is 0 Å². The molecule has 54 valence electrons. The molecule has 0 aliphatic heterocycles. The van der Waals surface area contributed by atoms with Gasteiger partial charge in [0.25, 0.3) is 0 Å². The van der Waals surface area contributed by atoms with Crippen molar-refractivity contribution >= 4 is 0 Å². The van der Waals surface area contributed by atoms with Gasteiger partial charge in [-0.15, -0.1) is 0 Å². The van der Waals surface area contributed by atoms with Crippen molar-refractivity contribution in [1.82, 2.24) is 0 Å². The smallest absolute Gasteiger partial charge is 0.0997 e. The van der Waals surface area contributed by atoms with Crippen LogP contribution in [-0.2, 0) is 0 Å². The first-order valence-corrected chi connectivity index (χ1v) is 3.06. The summed E-state index contributed by atoms with van der Waals surface area (Å²) in [6.45, 7) is 5.67. The summed E-state index contributed by atoms with van der Waals surface area (Å²) in [7, 11) is 0. The first-order valence-electron chi connectivity index (χ1n) is 3.06. The molecule has 0 rings (SSSR count).